The molecule has 0 saturated carbocycles. The van der Waals surface area contributed by atoms with E-state index < -0.39 is 12.1 Å². The van der Waals surface area contributed by atoms with Gasteiger partial charge in [0.15, 0.2) is 5.82 Å². The molecule has 3 aromatic heterocycles. The standard InChI is InChI=1S/C15H18N8O2/c1-9(2)23-8-12(20-22-23)18-15(24)17-10(3)14-19-13(21-25-14)11-5-4-6-16-7-11/h4-10H,1-3H3,(H2,17,18,24). The average Bonchev–Trinajstić information content (AvgIpc) is 3.25. The van der Waals surface area contributed by atoms with Gasteiger partial charge in [-0.05, 0) is 32.9 Å². The Morgan fingerprint density at radius 3 is 2.84 bits per heavy atom. The predicted molar refractivity (Wildman–Crippen MR) is 88.5 cm³/mol. The summed E-state index contributed by atoms with van der Waals surface area (Å²) >= 11 is 0. The average molecular weight is 342 g/mol. The summed E-state index contributed by atoms with van der Waals surface area (Å²) in [6.07, 6.45) is 4.95. The second kappa shape index (κ2) is 7.07. The van der Waals surface area contributed by atoms with Gasteiger partial charge in [0.1, 0.15) is 6.04 Å². The first-order valence-electron chi connectivity index (χ1n) is 7.76. The van der Waals surface area contributed by atoms with Crippen molar-refractivity contribution in [3.8, 4) is 11.4 Å². The maximum absolute atomic E-state index is 12.1. The molecule has 0 spiro atoms. The number of nitrogens with one attached hydrogen (secondary N) is 2. The van der Waals surface area contributed by atoms with Crippen molar-refractivity contribution in [3.05, 3.63) is 36.6 Å². The zero-order chi connectivity index (χ0) is 17.8. The van der Waals surface area contributed by atoms with E-state index in [-0.39, 0.29) is 6.04 Å². The molecule has 0 aromatic carbocycles. The van der Waals surface area contributed by atoms with Crippen LogP contribution in [-0.4, -0.2) is 36.1 Å². The Labute approximate surface area is 143 Å². The summed E-state index contributed by atoms with van der Waals surface area (Å²) in [5, 5.41) is 17.0. The lowest BCUT2D eigenvalue weighted by Gasteiger charge is -2.09. The van der Waals surface area contributed by atoms with Gasteiger partial charge in [0.25, 0.3) is 0 Å². The minimum absolute atomic E-state index is 0.161. The number of hydrogen-bond donors (Lipinski definition) is 2. The van der Waals surface area contributed by atoms with Gasteiger partial charge in [-0.2, -0.15) is 4.98 Å². The number of carbonyl (C=O) groups is 1. The molecule has 1 unspecified atom stereocenters. The molecule has 10 nitrogen and oxygen atoms in total. The number of rotatable bonds is 5. The predicted octanol–water partition coefficient (Wildman–Crippen LogP) is 2.19. The lowest BCUT2D eigenvalue weighted by molar-refractivity contribution is 0.245. The molecular formula is C15H18N8O2. The van der Waals surface area contributed by atoms with E-state index >= 15 is 0 Å². The third-order valence-electron chi connectivity index (χ3n) is 3.36. The topological polar surface area (TPSA) is 124 Å². The van der Waals surface area contributed by atoms with Crippen LogP contribution in [0.15, 0.2) is 35.2 Å². The van der Waals surface area contributed by atoms with E-state index in [2.05, 4.69) is 36.1 Å². The minimum atomic E-state index is -0.474. The molecule has 3 rings (SSSR count). The Balaban J connectivity index is 1.60. The van der Waals surface area contributed by atoms with Gasteiger partial charge < -0.3 is 9.84 Å². The molecule has 0 saturated heterocycles. The Bertz CT molecular complexity index is 842. The van der Waals surface area contributed by atoms with Crippen molar-refractivity contribution in [3.63, 3.8) is 0 Å². The van der Waals surface area contributed by atoms with E-state index in [1.165, 1.54) is 0 Å². The molecule has 25 heavy (non-hydrogen) atoms. The van der Waals surface area contributed by atoms with Crippen LogP contribution in [0, 0.1) is 0 Å². The zero-order valence-corrected chi connectivity index (χ0v) is 14.0. The molecule has 130 valence electrons. The molecule has 0 bridgehead atoms. The SMILES string of the molecule is CC(NC(=O)Nc1cn(C(C)C)nn1)c1nc(-c2cccnc2)no1. The summed E-state index contributed by atoms with van der Waals surface area (Å²) in [6.45, 7) is 5.68. The smallest absolute Gasteiger partial charge is 0.321 e. The molecule has 2 amide bonds. The minimum Gasteiger partial charge on any atom is -0.337 e. The number of nitrogens with zero attached hydrogens (tertiary/aromatic N) is 6. The van der Waals surface area contributed by atoms with Crippen LogP contribution in [0.1, 0.15) is 38.7 Å². The lowest BCUT2D eigenvalue weighted by atomic mass is 10.3. The van der Waals surface area contributed by atoms with E-state index in [1.54, 1.807) is 36.3 Å². The van der Waals surface area contributed by atoms with Crippen molar-refractivity contribution < 1.29 is 9.32 Å². The molecule has 1 atom stereocenters. The third-order valence-corrected chi connectivity index (χ3v) is 3.36. The second-order valence-corrected chi connectivity index (χ2v) is 5.70. The maximum Gasteiger partial charge on any atom is 0.321 e. The van der Waals surface area contributed by atoms with Gasteiger partial charge in [-0.15, -0.1) is 5.10 Å². The van der Waals surface area contributed by atoms with Crippen LogP contribution in [0.4, 0.5) is 10.6 Å². The molecule has 10 heteroatoms. The number of urea groups is 1. The van der Waals surface area contributed by atoms with Gasteiger partial charge in [-0.25, -0.2) is 9.48 Å². The Hall–Kier alpha value is -3.30. The molecule has 0 aliphatic rings. The quantitative estimate of drug-likeness (QED) is 0.728. The molecule has 0 aliphatic heterocycles. The van der Waals surface area contributed by atoms with Crippen molar-refractivity contribution in [1.82, 2.24) is 35.4 Å². The Morgan fingerprint density at radius 1 is 1.32 bits per heavy atom. The van der Waals surface area contributed by atoms with Gasteiger partial charge in [-0.3, -0.25) is 10.3 Å². The molecule has 0 radical (unpaired) electrons. The highest BCUT2D eigenvalue weighted by molar-refractivity contribution is 5.88. The van der Waals surface area contributed by atoms with Gasteiger partial charge in [0.2, 0.25) is 11.7 Å². The summed E-state index contributed by atoms with van der Waals surface area (Å²) in [7, 11) is 0. The molecule has 0 aliphatic carbocycles. The summed E-state index contributed by atoms with van der Waals surface area (Å²) in [5.41, 5.74) is 0.736. The lowest BCUT2D eigenvalue weighted by Crippen LogP contribution is -2.31. The van der Waals surface area contributed by atoms with Crippen LogP contribution in [-0.2, 0) is 0 Å². The number of aromatic nitrogens is 6. The van der Waals surface area contributed by atoms with Gasteiger partial charge >= 0.3 is 6.03 Å². The molecular weight excluding hydrogens is 324 g/mol. The largest absolute Gasteiger partial charge is 0.337 e. The van der Waals surface area contributed by atoms with Gasteiger partial charge in [0, 0.05) is 24.0 Å². The van der Waals surface area contributed by atoms with E-state index in [1.807, 2.05) is 19.9 Å². The fraction of sp³-hybridized carbons (Fsp3) is 0.333. The zero-order valence-electron chi connectivity index (χ0n) is 14.0. The summed E-state index contributed by atoms with van der Waals surface area (Å²) in [4.78, 5) is 20.3. The maximum atomic E-state index is 12.1. The Kier molecular flexibility index (Phi) is 4.68. The second-order valence-electron chi connectivity index (χ2n) is 5.70. The highest BCUT2D eigenvalue weighted by Gasteiger charge is 2.18. The van der Waals surface area contributed by atoms with E-state index in [4.69, 9.17) is 4.52 Å². The molecule has 3 heterocycles. The van der Waals surface area contributed by atoms with Crippen molar-refractivity contribution in [2.75, 3.05) is 5.32 Å². The highest BCUT2D eigenvalue weighted by Crippen LogP contribution is 2.17. The van der Waals surface area contributed by atoms with E-state index in [0.29, 0.717) is 17.5 Å². The number of amides is 2. The summed E-state index contributed by atoms with van der Waals surface area (Å²) < 4.78 is 6.85. The van der Waals surface area contributed by atoms with Crippen LogP contribution in [0.5, 0.6) is 0 Å². The van der Waals surface area contributed by atoms with Crippen LogP contribution in [0.2, 0.25) is 0 Å². The molecule has 3 aromatic rings. The third kappa shape index (κ3) is 3.97. The molecule has 2 N–H and O–H groups in total. The van der Waals surface area contributed by atoms with E-state index in [0.717, 1.165) is 5.56 Å². The van der Waals surface area contributed by atoms with E-state index in [9.17, 15) is 4.79 Å². The first-order valence-corrected chi connectivity index (χ1v) is 7.76. The van der Waals surface area contributed by atoms with Crippen molar-refractivity contribution >= 4 is 11.8 Å². The van der Waals surface area contributed by atoms with Crippen LogP contribution in [0.3, 0.4) is 0 Å². The van der Waals surface area contributed by atoms with Crippen molar-refractivity contribution in [2.45, 2.75) is 32.9 Å². The number of anilines is 1. The first-order chi connectivity index (χ1) is 12.0. The fourth-order valence-corrected chi connectivity index (χ4v) is 2.02. The van der Waals surface area contributed by atoms with Crippen molar-refractivity contribution in [2.24, 2.45) is 0 Å². The van der Waals surface area contributed by atoms with Crippen molar-refractivity contribution in [1.29, 1.82) is 0 Å². The summed E-state index contributed by atoms with van der Waals surface area (Å²) in [6, 6.07) is 2.85. The first kappa shape index (κ1) is 16.6. The Morgan fingerprint density at radius 2 is 2.16 bits per heavy atom. The normalized spacial score (nSPS) is 12.2. The van der Waals surface area contributed by atoms with Crippen LogP contribution < -0.4 is 10.6 Å². The highest BCUT2D eigenvalue weighted by atomic mass is 16.5. The fourth-order valence-electron chi connectivity index (χ4n) is 2.02. The van der Waals surface area contributed by atoms with Crippen LogP contribution >= 0.6 is 0 Å². The summed E-state index contributed by atoms with van der Waals surface area (Å²) in [5.74, 6) is 1.07. The number of hydrogen-bond acceptors (Lipinski definition) is 7. The monoisotopic (exact) mass is 342 g/mol. The van der Waals surface area contributed by atoms with Crippen LogP contribution in [0.25, 0.3) is 11.4 Å². The number of pyridine rings is 1. The van der Waals surface area contributed by atoms with Gasteiger partial charge in [-0.1, -0.05) is 10.4 Å². The number of carbonyl (C=O) groups excluding carboxylic acids is 1. The van der Waals surface area contributed by atoms with Gasteiger partial charge in [0.05, 0.1) is 6.20 Å². The molecule has 0 fully saturated rings.